The molecule has 0 aliphatic rings. The summed E-state index contributed by atoms with van der Waals surface area (Å²) in [6.45, 7) is 1.90. The van der Waals surface area contributed by atoms with E-state index in [4.69, 9.17) is 5.73 Å². The van der Waals surface area contributed by atoms with Gasteiger partial charge in [0, 0.05) is 24.5 Å². The smallest absolute Gasteiger partial charge is 0.222 e. The summed E-state index contributed by atoms with van der Waals surface area (Å²) < 4.78 is 0. The van der Waals surface area contributed by atoms with Crippen LogP contribution in [0, 0.1) is 6.92 Å². The van der Waals surface area contributed by atoms with E-state index in [0.29, 0.717) is 5.95 Å². The highest BCUT2D eigenvalue weighted by Crippen LogP contribution is 2.21. The highest BCUT2D eigenvalue weighted by Gasteiger charge is 2.06. The van der Waals surface area contributed by atoms with Gasteiger partial charge in [-0.25, -0.2) is 4.98 Å². The van der Waals surface area contributed by atoms with Crippen LogP contribution in [0.3, 0.4) is 0 Å². The van der Waals surface area contributed by atoms with Crippen LogP contribution in [0.5, 0.6) is 0 Å². The van der Waals surface area contributed by atoms with Crippen molar-refractivity contribution >= 4 is 29.9 Å². The largest absolute Gasteiger partial charge is 0.368 e. The van der Waals surface area contributed by atoms with E-state index in [-0.39, 0.29) is 12.4 Å². The van der Waals surface area contributed by atoms with Crippen LogP contribution in [0.15, 0.2) is 36.4 Å². The maximum Gasteiger partial charge on any atom is 0.222 e. The van der Waals surface area contributed by atoms with Gasteiger partial charge in [0.15, 0.2) is 0 Å². The molecule has 0 aliphatic carbocycles. The van der Waals surface area contributed by atoms with Crippen molar-refractivity contribution in [1.29, 1.82) is 0 Å². The van der Waals surface area contributed by atoms with Crippen molar-refractivity contribution < 1.29 is 0 Å². The Balaban J connectivity index is 0.00000144. The fourth-order valence-electron chi connectivity index (χ4n) is 1.53. The third kappa shape index (κ3) is 3.07. The SMILES string of the molecule is Cc1cc(N(C)c2ccccc2)nc(N)n1.Cl. The first kappa shape index (κ1) is 13.3. The highest BCUT2D eigenvalue weighted by atomic mass is 35.5. The van der Waals surface area contributed by atoms with Gasteiger partial charge in [-0.05, 0) is 19.1 Å². The number of hydrogen-bond donors (Lipinski definition) is 1. The van der Waals surface area contributed by atoms with E-state index in [0.717, 1.165) is 17.2 Å². The van der Waals surface area contributed by atoms with Gasteiger partial charge in [-0.1, -0.05) is 18.2 Å². The van der Waals surface area contributed by atoms with Crippen LogP contribution < -0.4 is 10.6 Å². The summed E-state index contributed by atoms with van der Waals surface area (Å²) in [6, 6.07) is 11.9. The lowest BCUT2D eigenvalue weighted by molar-refractivity contribution is 1.06. The number of para-hydroxylation sites is 1. The molecule has 0 radical (unpaired) electrons. The molecule has 0 aliphatic heterocycles. The summed E-state index contributed by atoms with van der Waals surface area (Å²) in [4.78, 5) is 10.2. The predicted octanol–water partition coefficient (Wildman–Crippen LogP) is 2.56. The lowest BCUT2D eigenvalue weighted by atomic mass is 10.3. The fraction of sp³-hybridized carbons (Fsp3) is 0.167. The number of aryl methyl sites for hydroxylation is 1. The standard InChI is InChI=1S/C12H14N4.ClH/c1-9-8-11(15-12(13)14-9)16(2)10-6-4-3-5-7-10;/h3-8H,1-2H3,(H2,13,14,15);1H. The van der Waals surface area contributed by atoms with Crippen molar-refractivity contribution in [2.75, 3.05) is 17.7 Å². The number of hydrogen-bond acceptors (Lipinski definition) is 4. The Morgan fingerprint density at radius 2 is 1.76 bits per heavy atom. The molecule has 5 heteroatoms. The molecule has 0 unspecified atom stereocenters. The summed E-state index contributed by atoms with van der Waals surface area (Å²) >= 11 is 0. The molecule has 1 aromatic carbocycles. The van der Waals surface area contributed by atoms with Crippen molar-refractivity contribution in [3.05, 3.63) is 42.1 Å². The number of anilines is 3. The van der Waals surface area contributed by atoms with Gasteiger partial charge in [-0.3, -0.25) is 0 Å². The molecule has 0 saturated carbocycles. The first-order valence-electron chi connectivity index (χ1n) is 5.07. The Morgan fingerprint density at radius 1 is 1.12 bits per heavy atom. The molecule has 1 heterocycles. The number of rotatable bonds is 2. The van der Waals surface area contributed by atoms with Crippen LogP contribution in [-0.2, 0) is 0 Å². The number of aromatic nitrogens is 2. The zero-order chi connectivity index (χ0) is 11.5. The Morgan fingerprint density at radius 3 is 2.35 bits per heavy atom. The quantitative estimate of drug-likeness (QED) is 0.890. The third-order valence-corrected chi connectivity index (χ3v) is 2.35. The number of nitrogens with two attached hydrogens (primary N) is 1. The molecule has 0 spiro atoms. The summed E-state index contributed by atoms with van der Waals surface area (Å²) in [5, 5.41) is 0. The molecule has 0 saturated heterocycles. The van der Waals surface area contributed by atoms with E-state index in [1.54, 1.807) is 0 Å². The molecule has 0 fully saturated rings. The molecule has 90 valence electrons. The zero-order valence-corrected chi connectivity index (χ0v) is 10.6. The second-order valence-corrected chi connectivity index (χ2v) is 3.62. The number of nitrogens with zero attached hydrogens (tertiary/aromatic N) is 3. The molecular weight excluding hydrogens is 236 g/mol. The zero-order valence-electron chi connectivity index (χ0n) is 9.79. The van der Waals surface area contributed by atoms with Gasteiger partial charge in [0.1, 0.15) is 5.82 Å². The summed E-state index contributed by atoms with van der Waals surface area (Å²) in [6.07, 6.45) is 0. The van der Waals surface area contributed by atoms with E-state index in [1.807, 2.05) is 55.3 Å². The van der Waals surface area contributed by atoms with Crippen LogP contribution in [0.4, 0.5) is 17.5 Å². The molecule has 2 rings (SSSR count). The van der Waals surface area contributed by atoms with Crippen molar-refractivity contribution in [3.8, 4) is 0 Å². The van der Waals surface area contributed by atoms with Crippen molar-refractivity contribution in [2.45, 2.75) is 6.92 Å². The van der Waals surface area contributed by atoms with Crippen LogP contribution in [0.25, 0.3) is 0 Å². The maximum absolute atomic E-state index is 5.63. The third-order valence-electron chi connectivity index (χ3n) is 2.35. The van der Waals surface area contributed by atoms with Gasteiger partial charge >= 0.3 is 0 Å². The van der Waals surface area contributed by atoms with Gasteiger partial charge in [0.25, 0.3) is 0 Å². The molecule has 2 N–H and O–H groups in total. The molecule has 0 amide bonds. The van der Waals surface area contributed by atoms with Crippen LogP contribution >= 0.6 is 12.4 Å². The normalized spacial score (nSPS) is 9.53. The maximum atomic E-state index is 5.63. The lowest BCUT2D eigenvalue weighted by Crippen LogP contribution is -2.12. The Labute approximate surface area is 107 Å². The Kier molecular flexibility index (Phi) is 4.29. The van der Waals surface area contributed by atoms with Crippen LogP contribution in [0.1, 0.15) is 5.69 Å². The second kappa shape index (κ2) is 5.50. The topological polar surface area (TPSA) is 55.0 Å². The molecular formula is C12H15ClN4. The van der Waals surface area contributed by atoms with E-state index >= 15 is 0 Å². The van der Waals surface area contributed by atoms with E-state index in [2.05, 4.69) is 9.97 Å². The molecule has 17 heavy (non-hydrogen) atoms. The van der Waals surface area contributed by atoms with Crippen molar-refractivity contribution in [2.24, 2.45) is 0 Å². The van der Waals surface area contributed by atoms with E-state index in [1.165, 1.54) is 0 Å². The molecule has 4 nitrogen and oxygen atoms in total. The monoisotopic (exact) mass is 250 g/mol. The average Bonchev–Trinajstić information content (AvgIpc) is 2.28. The lowest BCUT2D eigenvalue weighted by Gasteiger charge is -2.18. The second-order valence-electron chi connectivity index (χ2n) is 3.62. The Hall–Kier alpha value is -1.81. The summed E-state index contributed by atoms with van der Waals surface area (Å²) in [5.74, 6) is 1.11. The minimum Gasteiger partial charge on any atom is -0.368 e. The van der Waals surface area contributed by atoms with Gasteiger partial charge in [-0.2, -0.15) is 4.98 Å². The highest BCUT2D eigenvalue weighted by molar-refractivity contribution is 5.85. The van der Waals surface area contributed by atoms with Gasteiger partial charge in [-0.15, -0.1) is 12.4 Å². The van der Waals surface area contributed by atoms with Gasteiger partial charge in [0.05, 0.1) is 0 Å². The molecule has 2 aromatic rings. The molecule has 0 bridgehead atoms. The number of nitrogen functional groups attached to an aromatic ring is 1. The Bertz CT molecular complexity index is 467. The van der Waals surface area contributed by atoms with Crippen LogP contribution in [-0.4, -0.2) is 17.0 Å². The van der Waals surface area contributed by atoms with Crippen molar-refractivity contribution in [1.82, 2.24) is 9.97 Å². The number of benzene rings is 1. The van der Waals surface area contributed by atoms with Gasteiger partial charge in [0.2, 0.25) is 5.95 Å². The predicted molar refractivity (Wildman–Crippen MR) is 72.9 cm³/mol. The van der Waals surface area contributed by atoms with Gasteiger partial charge < -0.3 is 10.6 Å². The summed E-state index contributed by atoms with van der Waals surface area (Å²) in [7, 11) is 1.95. The molecule has 1 aromatic heterocycles. The molecule has 0 atom stereocenters. The minimum atomic E-state index is 0. The van der Waals surface area contributed by atoms with Crippen LogP contribution in [0.2, 0.25) is 0 Å². The van der Waals surface area contributed by atoms with E-state index < -0.39 is 0 Å². The number of halogens is 1. The van der Waals surface area contributed by atoms with Crippen molar-refractivity contribution in [3.63, 3.8) is 0 Å². The minimum absolute atomic E-state index is 0. The summed E-state index contributed by atoms with van der Waals surface area (Å²) in [5.41, 5.74) is 7.56. The van der Waals surface area contributed by atoms with E-state index in [9.17, 15) is 0 Å². The average molecular weight is 251 g/mol. The first-order valence-corrected chi connectivity index (χ1v) is 5.07. The first-order chi connectivity index (χ1) is 7.66. The fourth-order valence-corrected chi connectivity index (χ4v) is 1.53.